The van der Waals surface area contributed by atoms with Crippen LogP contribution in [0.2, 0.25) is 0 Å². The lowest BCUT2D eigenvalue weighted by molar-refractivity contribution is 0.1000. The second-order valence-electron chi connectivity index (χ2n) is 4.49. The third-order valence-electron chi connectivity index (χ3n) is 2.97. The van der Waals surface area contributed by atoms with Crippen LogP contribution in [-0.2, 0) is 13.2 Å². The average molecular weight is 270 g/mol. The summed E-state index contributed by atoms with van der Waals surface area (Å²) in [5.74, 6) is 0.442. The van der Waals surface area contributed by atoms with Gasteiger partial charge in [0.25, 0.3) is 0 Å². The third kappa shape index (κ3) is 3.59. The maximum atomic E-state index is 11.0. The first-order valence-corrected chi connectivity index (χ1v) is 6.44. The highest BCUT2D eigenvalue weighted by molar-refractivity contribution is 5.92. The van der Waals surface area contributed by atoms with E-state index in [1.807, 2.05) is 43.4 Å². The number of benzene rings is 2. The molecule has 0 heterocycles. The molecule has 0 atom stereocenters. The van der Waals surface area contributed by atoms with Crippen LogP contribution >= 0.6 is 0 Å². The summed E-state index contributed by atoms with van der Waals surface area (Å²) in [6.07, 6.45) is 0. The predicted molar refractivity (Wildman–Crippen MR) is 78.5 cm³/mol. The summed E-state index contributed by atoms with van der Waals surface area (Å²) in [7, 11) is 1.90. The van der Waals surface area contributed by atoms with E-state index in [0.29, 0.717) is 12.2 Å². The van der Waals surface area contributed by atoms with Gasteiger partial charge in [-0.3, -0.25) is 4.79 Å². The van der Waals surface area contributed by atoms with E-state index in [1.165, 1.54) is 0 Å². The molecule has 0 aliphatic heterocycles. The van der Waals surface area contributed by atoms with Crippen molar-refractivity contribution in [3.05, 3.63) is 65.2 Å². The zero-order valence-corrected chi connectivity index (χ0v) is 11.4. The summed E-state index contributed by atoms with van der Waals surface area (Å²) in [4.78, 5) is 11.0. The van der Waals surface area contributed by atoms with Gasteiger partial charge < -0.3 is 15.8 Å². The van der Waals surface area contributed by atoms with E-state index in [9.17, 15) is 4.79 Å². The molecule has 4 heteroatoms. The molecule has 2 aromatic rings. The Morgan fingerprint density at radius 3 is 2.50 bits per heavy atom. The highest BCUT2D eigenvalue weighted by Crippen LogP contribution is 2.19. The first kappa shape index (κ1) is 14.1. The minimum Gasteiger partial charge on any atom is -0.489 e. The molecule has 0 bridgehead atoms. The van der Waals surface area contributed by atoms with E-state index < -0.39 is 5.91 Å². The average Bonchev–Trinajstić information content (AvgIpc) is 2.47. The maximum Gasteiger partial charge on any atom is 0.248 e. The van der Waals surface area contributed by atoms with Gasteiger partial charge >= 0.3 is 0 Å². The topological polar surface area (TPSA) is 64.3 Å². The summed E-state index contributed by atoms with van der Waals surface area (Å²) < 4.78 is 5.82. The summed E-state index contributed by atoms with van der Waals surface area (Å²) in [5, 5.41) is 3.11. The van der Waals surface area contributed by atoms with E-state index in [0.717, 1.165) is 23.4 Å². The molecular formula is C16H18N2O2. The molecule has 0 unspecified atom stereocenters. The van der Waals surface area contributed by atoms with Crippen molar-refractivity contribution in [2.45, 2.75) is 13.2 Å². The van der Waals surface area contributed by atoms with Gasteiger partial charge in [-0.15, -0.1) is 0 Å². The molecule has 1 amide bonds. The number of hydrogen-bond acceptors (Lipinski definition) is 3. The molecule has 2 aromatic carbocycles. The molecule has 0 saturated heterocycles. The number of rotatable bonds is 6. The molecule has 2 rings (SSSR count). The Balaban J connectivity index is 2.03. The fourth-order valence-corrected chi connectivity index (χ4v) is 1.91. The Hall–Kier alpha value is -2.33. The van der Waals surface area contributed by atoms with Crippen LogP contribution in [-0.4, -0.2) is 13.0 Å². The molecule has 104 valence electrons. The quantitative estimate of drug-likeness (QED) is 0.844. The van der Waals surface area contributed by atoms with Crippen LogP contribution in [0.15, 0.2) is 48.5 Å². The van der Waals surface area contributed by atoms with E-state index in [2.05, 4.69) is 5.32 Å². The van der Waals surface area contributed by atoms with Gasteiger partial charge in [-0.2, -0.15) is 0 Å². The molecule has 0 spiro atoms. The van der Waals surface area contributed by atoms with Crippen LogP contribution in [0.25, 0.3) is 0 Å². The van der Waals surface area contributed by atoms with E-state index in [1.54, 1.807) is 12.1 Å². The van der Waals surface area contributed by atoms with Gasteiger partial charge in [0.15, 0.2) is 0 Å². The van der Waals surface area contributed by atoms with Gasteiger partial charge in [-0.05, 0) is 30.8 Å². The largest absolute Gasteiger partial charge is 0.489 e. The number of nitrogens with one attached hydrogen (secondary N) is 1. The number of hydrogen-bond donors (Lipinski definition) is 2. The van der Waals surface area contributed by atoms with Crippen molar-refractivity contribution in [3.8, 4) is 5.75 Å². The standard InChI is InChI=1S/C16H18N2O2/c1-18-10-14-4-2-3-5-15(14)20-11-12-6-8-13(9-7-12)16(17)19/h2-9,18H,10-11H2,1H3,(H2,17,19). The van der Waals surface area contributed by atoms with Gasteiger partial charge in [0.2, 0.25) is 5.91 Å². The Labute approximate surface area is 118 Å². The van der Waals surface area contributed by atoms with Crippen LogP contribution in [0.3, 0.4) is 0 Å². The van der Waals surface area contributed by atoms with E-state index in [-0.39, 0.29) is 0 Å². The number of primary amides is 1. The molecule has 0 saturated carbocycles. The molecule has 0 aromatic heterocycles. The van der Waals surface area contributed by atoms with Crippen molar-refractivity contribution in [1.29, 1.82) is 0 Å². The van der Waals surface area contributed by atoms with Crippen molar-refractivity contribution < 1.29 is 9.53 Å². The molecule has 0 fully saturated rings. The van der Waals surface area contributed by atoms with E-state index >= 15 is 0 Å². The number of carbonyl (C=O) groups excluding carboxylic acids is 1. The smallest absolute Gasteiger partial charge is 0.248 e. The minimum absolute atomic E-state index is 0.420. The molecule has 0 aliphatic rings. The molecular weight excluding hydrogens is 252 g/mol. The lowest BCUT2D eigenvalue weighted by Crippen LogP contribution is -2.11. The van der Waals surface area contributed by atoms with Crippen LogP contribution in [0.4, 0.5) is 0 Å². The Morgan fingerprint density at radius 2 is 1.85 bits per heavy atom. The zero-order chi connectivity index (χ0) is 14.4. The normalized spacial score (nSPS) is 10.2. The van der Waals surface area contributed by atoms with Crippen molar-refractivity contribution in [2.75, 3.05) is 7.05 Å². The van der Waals surface area contributed by atoms with Gasteiger partial charge in [-0.25, -0.2) is 0 Å². The van der Waals surface area contributed by atoms with Crippen LogP contribution in [0, 0.1) is 0 Å². The lowest BCUT2D eigenvalue weighted by atomic mass is 10.1. The van der Waals surface area contributed by atoms with Crippen LogP contribution in [0.1, 0.15) is 21.5 Å². The molecule has 0 aliphatic carbocycles. The predicted octanol–water partition coefficient (Wildman–Crippen LogP) is 2.08. The Kier molecular flexibility index (Phi) is 4.74. The number of para-hydroxylation sites is 1. The maximum absolute atomic E-state index is 11.0. The third-order valence-corrected chi connectivity index (χ3v) is 2.97. The molecule has 20 heavy (non-hydrogen) atoms. The first-order chi connectivity index (χ1) is 9.70. The second-order valence-corrected chi connectivity index (χ2v) is 4.49. The minimum atomic E-state index is -0.420. The Morgan fingerprint density at radius 1 is 1.15 bits per heavy atom. The van der Waals surface area contributed by atoms with Crippen LogP contribution < -0.4 is 15.8 Å². The monoisotopic (exact) mass is 270 g/mol. The Bertz CT molecular complexity index is 579. The molecule has 0 radical (unpaired) electrons. The van der Waals surface area contributed by atoms with Crippen molar-refractivity contribution >= 4 is 5.91 Å². The highest BCUT2D eigenvalue weighted by Gasteiger charge is 2.03. The second kappa shape index (κ2) is 6.73. The van der Waals surface area contributed by atoms with Gasteiger partial charge in [0, 0.05) is 17.7 Å². The zero-order valence-electron chi connectivity index (χ0n) is 11.4. The SMILES string of the molecule is CNCc1ccccc1OCc1ccc(C(N)=O)cc1. The number of nitrogens with two attached hydrogens (primary N) is 1. The van der Waals surface area contributed by atoms with Gasteiger partial charge in [-0.1, -0.05) is 30.3 Å². The van der Waals surface area contributed by atoms with Gasteiger partial charge in [0.05, 0.1) is 0 Å². The molecule has 4 nitrogen and oxygen atoms in total. The van der Waals surface area contributed by atoms with Crippen LogP contribution in [0.5, 0.6) is 5.75 Å². The fourth-order valence-electron chi connectivity index (χ4n) is 1.91. The summed E-state index contributed by atoms with van der Waals surface area (Å²) >= 11 is 0. The fraction of sp³-hybridized carbons (Fsp3) is 0.188. The van der Waals surface area contributed by atoms with Gasteiger partial charge in [0.1, 0.15) is 12.4 Å². The molecule has 3 N–H and O–H groups in total. The first-order valence-electron chi connectivity index (χ1n) is 6.44. The number of amides is 1. The highest BCUT2D eigenvalue weighted by atomic mass is 16.5. The van der Waals surface area contributed by atoms with Crippen molar-refractivity contribution in [2.24, 2.45) is 5.73 Å². The number of ether oxygens (including phenoxy) is 1. The van der Waals surface area contributed by atoms with Crippen molar-refractivity contribution in [1.82, 2.24) is 5.32 Å². The summed E-state index contributed by atoms with van der Waals surface area (Å²) in [6, 6.07) is 15.0. The van der Waals surface area contributed by atoms with E-state index in [4.69, 9.17) is 10.5 Å². The van der Waals surface area contributed by atoms with Crippen molar-refractivity contribution in [3.63, 3.8) is 0 Å². The lowest BCUT2D eigenvalue weighted by Gasteiger charge is -2.11. The summed E-state index contributed by atoms with van der Waals surface area (Å²) in [5.41, 5.74) is 7.82. The number of carbonyl (C=O) groups is 1. The summed E-state index contributed by atoms with van der Waals surface area (Å²) in [6.45, 7) is 1.22.